The molecule has 1 amide bonds. The zero-order valence-corrected chi connectivity index (χ0v) is 11.8. The number of carbonyl (C=O) groups is 1. The lowest BCUT2D eigenvalue weighted by Crippen LogP contribution is -2.37. The Morgan fingerprint density at radius 2 is 2.05 bits per heavy atom. The first-order valence-electron chi connectivity index (χ1n) is 6.10. The van der Waals surface area contributed by atoms with E-state index in [1.165, 1.54) is 11.3 Å². The molecule has 2 rings (SSSR count). The lowest BCUT2D eigenvalue weighted by atomic mass is 10.1. The highest BCUT2D eigenvalue weighted by Crippen LogP contribution is 2.21. The van der Waals surface area contributed by atoms with E-state index in [1.807, 2.05) is 44.2 Å². The standard InChI is InChI=1S/C14H17N3OS/c1-9-10(2)19-14(16-9)17-13(18)12(15)8-11-6-4-3-5-7-11/h3-7,12H,8,15H2,1-2H3,(H,16,17,18)/t12-/m0/s1. The van der Waals surface area contributed by atoms with Crippen LogP contribution in [0.5, 0.6) is 0 Å². The first-order chi connectivity index (χ1) is 9.06. The van der Waals surface area contributed by atoms with E-state index < -0.39 is 6.04 Å². The lowest BCUT2D eigenvalue weighted by Gasteiger charge is -2.10. The van der Waals surface area contributed by atoms with Crippen molar-refractivity contribution >= 4 is 22.4 Å². The molecule has 1 aromatic carbocycles. The Morgan fingerprint density at radius 3 is 2.63 bits per heavy atom. The number of amides is 1. The number of benzene rings is 1. The zero-order valence-electron chi connectivity index (χ0n) is 11.0. The predicted molar refractivity (Wildman–Crippen MR) is 78.3 cm³/mol. The van der Waals surface area contributed by atoms with E-state index in [0.717, 1.165) is 16.1 Å². The highest BCUT2D eigenvalue weighted by Gasteiger charge is 2.16. The van der Waals surface area contributed by atoms with Crippen LogP contribution in [0.3, 0.4) is 0 Å². The molecule has 19 heavy (non-hydrogen) atoms. The van der Waals surface area contributed by atoms with E-state index in [4.69, 9.17) is 5.73 Å². The number of thiazole rings is 1. The molecule has 0 unspecified atom stereocenters. The van der Waals surface area contributed by atoms with Crippen molar-refractivity contribution in [2.75, 3.05) is 5.32 Å². The largest absolute Gasteiger partial charge is 0.320 e. The van der Waals surface area contributed by atoms with E-state index in [9.17, 15) is 4.79 Å². The van der Waals surface area contributed by atoms with Crippen LogP contribution < -0.4 is 11.1 Å². The van der Waals surface area contributed by atoms with Gasteiger partial charge in [-0.2, -0.15) is 0 Å². The van der Waals surface area contributed by atoms with Crippen LogP contribution in [0.15, 0.2) is 30.3 Å². The van der Waals surface area contributed by atoms with Gasteiger partial charge in [-0.25, -0.2) is 4.98 Å². The molecule has 0 saturated heterocycles. The minimum Gasteiger partial charge on any atom is -0.320 e. The first-order valence-corrected chi connectivity index (χ1v) is 6.92. The summed E-state index contributed by atoms with van der Waals surface area (Å²) < 4.78 is 0. The van der Waals surface area contributed by atoms with E-state index in [0.29, 0.717) is 11.6 Å². The summed E-state index contributed by atoms with van der Waals surface area (Å²) in [6.45, 7) is 3.90. The Bertz CT molecular complexity index is 546. The molecule has 1 atom stereocenters. The summed E-state index contributed by atoms with van der Waals surface area (Å²) in [6, 6.07) is 9.18. The maximum Gasteiger partial charge on any atom is 0.243 e. The molecule has 3 N–H and O–H groups in total. The van der Waals surface area contributed by atoms with Gasteiger partial charge in [-0.05, 0) is 25.8 Å². The molecule has 0 saturated carbocycles. The molecule has 0 radical (unpaired) electrons. The second-order valence-corrected chi connectivity index (χ2v) is 5.65. The molecule has 0 fully saturated rings. The summed E-state index contributed by atoms with van der Waals surface area (Å²) in [5.74, 6) is -0.197. The lowest BCUT2D eigenvalue weighted by molar-refractivity contribution is -0.117. The number of anilines is 1. The van der Waals surface area contributed by atoms with Crippen LogP contribution in [0.4, 0.5) is 5.13 Å². The maximum absolute atomic E-state index is 12.0. The summed E-state index contributed by atoms with van der Waals surface area (Å²) in [5, 5.41) is 3.38. The van der Waals surface area contributed by atoms with Gasteiger partial charge in [0.2, 0.25) is 5.91 Å². The van der Waals surface area contributed by atoms with E-state index in [2.05, 4.69) is 10.3 Å². The number of rotatable bonds is 4. The van der Waals surface area contributed by atoms with Crippen LogP contribution in [0.1, 0.15) is 16.1 Å². The average Bonchev–Trinajstić information content (AvgIpc) is 2.69. The minimum absolute atomic E-state index is 0.197. The van der Waals surface area contributed by atoms with E-state index in [1.54, 1.807) is 0 Å². The maximum atomic E-state index is 12.0. The van der Waals surface area contributed by atoms with Gasteiger partial charge in [0, 0.05) is 4.88 Å². The summed E-state index contributed by atoms with van der Waals surface area (Å²) >= 11 is 1.47. The summed E-state index contributed by atoms with van der Waals surface area (Å²) in [4.78, 5) is 17.3. The number of aryl methyl sites for hydroxylation is 2. The molecule has 0 aliphatic heterocycles. The number of hydrogen-bond acceptors (Lipinski definition) is 4. The third-order valence-electron chi connectivity index (χ3n) is 2.89. The highest BCUT2D eigenvalue weighted by molar-refractivity contribution is 7.15. The van der Waals surface area contributed by atoms with Crippen LogP contribution in [0.2, 0.25) is 0 Å². The number of hydrogen-bond donors (Lipinski definition) is 2. The van der Waals surface area contributed by atoms with Gasteiger partial charge in [-0.3, -0.25) is 4.79 Å². The van der Waals surface area contributed by atoms with Gasteiger partial charge in [0.1, 0.15) is 0 Å². The minimum atomic E-state index is -0.563. The smallest absolute Gasteiger partial charge is 0.243 e. The SMILES string of the molecule is Cc1nc(NC(=O)[C@@H](N)Cc2ccccc2)sc1C. The summed E-state index contributed by atoms with van der Waals surface area (Å²) in [5.41, 5.74) is 7.90. The molecular weight excluding hydrogens is 258 g/mol. The molecule has 0 bridgehead atoms. The Kier molecular flexibility index (Phi) is 4.29. The molecular formula is C14H17N3OS. The van der Waals surface area contributed by atoms with Crippen LogP contribution in [0.25, 0.3) is 0 Å². The Labute approximate surface area is 116 Å². The van der Waals surface area contributed by atoms with Crippen LogP contribution in [-0.4, -0.2) is 16.9 Å². The molecule has 0 aliphatic carbocycles. The quantitative estimate of drug-likeness (QED) is 0.899. The Balaban J connectivity index is 1.96. The number of nitrogens with one attached hydrogen (secondary N) is 1. The summed E-state index contributed by atoms with van der Waals surface area (Å²) in [6.07, 6.45) is 0.524. The van der Waals surface area contributed by atoms with Crippen molar-refractivity contribution in [3.63, 3.8) is 0 Å². The zero-order chi connectivity index (χ0) is 13.8. The molecule has 1 heterocycles. The second kappa shape index (κ2) is 5.95. The van der Waals surface area contributed by atoms with Gasteiger partial charge in [0.25, 0.3) is 0 Å². The fraction of sp³-hybridized carbons (Fsp3) is 0.286. The third-order valence-corrected chi connectivity index (χ3v) is 3.88. The normalized spacial score (nSPS) is 12.2. The fourth-order valence-corrected chi connectivity index (χ4v) is 2.50. The molecule has 0 aliphatic rings. The van der Waals surface area contributed by atoms with Crippen molar-refractivity contribution < 1.29 is 4.79 Å². The van der Waals surface area contributed by atoms with Crippen molar-refractivity contribution in [1.82, 2.24) is 4.98 Å². The van der Waals surface area contributed by atoms with E-state index in [-0.39, 0.29) is 5.91 Å². The van der Waals surface area contributed by atoms with Crippen LogP contribution in [0, 0.1) is 13.8 Å². The fourth-order valence-electron chi connectivity index (χ4n) is 1.69. The van der Waals surface area contributed by atoms with Crippen molar-refractivity contribution in [2.45, 2.75) is 26.3 Å². The van der Waals surface area contributed by atoms with Crippen molar-refractivity contribution in [2.24, 2.45) is 5.73 Å². The highest BCUT2D eigenvalue weighted by atomic mass is 32.1. The van der Waals surface area contributed by atoms with Crippen molar-refractivity contribution in [1.29, 1.82) is 0 Å². The summed E-state index contributed by atoms with van der Waals surface area (Å²) in [7, 11) is 0. The van der Waals surface area contributed by atoms with Gasteiger partial charge >= 0.3 is 0 Å². The van der Waals surface area contributed by atoms with E-state index >= 15 is 0 Å². The predicted octanol–water partition coefficient (Wildman–Crippen LogP) is 2.27. The second-order valence-electron chi connectivity index (χ2n) is 4.45. The molecule has 1 aromatic heterocycles. The molecule has 0 spiro atoms. The molecule has 5 heteroatoms. The van der Waals surface area contributed by atoms with Crippen LogP contribution in [-0.2, 0) is 11.2 Å². The number of nitrogens with zero attached hydrogens (tertiary/aromatic N) is 1. The topological polar surface area (TPSA) is 68.0 Å². The number of nitrogens with two attached hydrogens (primary N) is 1. The van der Waals surface area contributed by atoms with Gasteiger partial charge < -0.3 is 11.1 Å². The van der Waals surface area contributed by atoms with Crippen LogP contribution >= 0.6 is 11.3 Å². The third kappa shape index (κ3) is 3.62. The van der Waals surface area contributed by atoms with Gasteiger partial charge in [0.05, 0.1) is 11.7 Å². The van der Waals surface area contributed by atoms with Crippen molar-refractivity contribution in [3.05, 3.63) is 46.5 Å². The number of carbonyl (C=O) groups excluding carboxylic acids is 1. The van der Waals surface area contributed by atoms with Gasteiger partial charge in [0.15, 0.2) is 5.13 Å². The van der Waals surface area contributed by atoms with Gasteiger partial charge in [-0.15, -0.1) is 11.3 Å². The van der Waals surface area contributed by atoms with Crippen molar-refractivity contribution in [3.8, 4) is 0 Å². The molecule has 100 valence electrons. The Hall–Kier alpha value is -1.72. The average molecular weight is 275 g/mol. The Morgan fingerprint density at radius 1 is 1.37 bits per heavy atom. The van der Waals surface area contributed by atoms with Gasteiger partial charge in [-0.1, -0.05) is 30.3 Å². The first kappa shape index (κ1) is 13.7. The number of aromatic nitrogens is 1. The molecule has 2 aromatic rings. The molecule has 4 nitrogen and oxygen atoms in total. The monoisotopic (exact) mass is 275 g/mol.